The lowest BCUT2D eigenvalue weighted by Gasteiger charge is -2.28. The highest BCUT2D eigenvalue weighted by molar-refractivity contribution is 7.85. The number of aliphatic hydroxyl groups is 1. The third-order valence-electron chi connectivity index (χ3n) is 3.09. The summed E-state index contributed by atoms with van der Waals surface area (Å²) in [6, 6.07) is 7.23. The highest BCUT2D eigenvalue weighted by atomic mass is 32.2. The molecule has 1 heterocycles. The molecule has 3 N–H and O–H groups in total. The fourth-order valence-electron chi connectivity index (χ4n) is 2.01. The van der Waals surface area contributed by atoms with Crippen LogP contribution in [0, 0.1) is 0 Å². The first-order valence-corrected chi connectivity index (χ1v) is 7.86. The highest BCUT2D eigenvalue weighted by Crippen LogP contribution is 2.19. The van der Waals surface area contributed by atoms with Gasteiger partial charge in [0, 0.05) is 41.9 Å². The van der Waals surface area contributed by atoms with Crippen LogP contribution in [0.1, 0.15) is 0 Å². The lowest BCUT2D eigenvalue weighted by molar-refractivity contribution is 0.0715. The Bertz CT molecular complexity index is 432. The number of β-amino-alcohol motifs (C(OH)–C–C–N with tert-alkyl or cyclic N) is 1. The lowest BCUT2D eigenvalue weighted by Crippen LogP contribution is -2.43. The SMILES string of the molecule is Nc1ccccc1OCC(O)CN1CCS(=O)CC1. The molecular formula is C13H20N2O3S. The predicted molar refractivity (Wildman–Crippen MR) is 76.7 cm³/mol. The standard InChI is InChI=1S/C13H20N2O3S/c14-12-3-1-2-4-13(12)18-10-11(16)9-15-5-7-19(17)8-6-15/h1-4,11,16H,5-10,14H2. The number of para-hydroxylation sites is 2. The quantitative estimate of drug-likeness (QED) is 0.749. The Labute approximate surface area is 115 Å². The van der Waals surface area contributed by atoms with Gasteiger partial charge in [-0.2, -0.15) is 0 Å². The molecule has 2 rings (SSSR count). The van der Waals surface area contributed by atoms with Crippen molar-refractivity contribution in [3.05, 3.63) is 24.3 Å². The summed E-state index contributed by atoms with van der Waals surface area (Å²) in [6.45, 7) is 2.31. The topological polar surface area (TPSA) is 75.8 Å². The predicted octanol–water partition coefficient (Wildman–Crippen LogP) is 0.0728. The maximum Gasteiger partial charge on any atom is 0.142 e. The number of hydrogen-bond donors (Lipinski definition) is 2. The van der Waals surface area contributed by atoms with E-state index in [0.717, 1.165) is 13.1 Å². The summed E-state index contributed by atoms with van der Waals surface area (Å²) in [7, 11) is -0.683. The number of rotatable bonds is 5. The molecule has 1 aliphatic rings. The molecule has 6 heteroatoms. The van der Waals surface area contributed by atoms with Gasteiger partial charge >= 0.3 is 0 Å². The molecule has 106 valence electrons. The summed E-state index contributed by atoms with van der Waals surface area (Å²) in [4.78, 5) is 2.11. The number of benzene rings is 1. The van der Waals surface area contributed by atoms with Crippen molar-refractivity contribution in [2.45, 2.75) is 6.10 Å². The van der Waals surface area contributed by atoms with Gasteiger partial charge < -0.3 is 15.6 Å². The Hall–Kier alpha value is -1.11. The van der Waals surface area contributed by atoms with E-state index >= 15 is 0 Å². The monoisotopic (exact) mass is 284 g/mol. The van der Waals surface area contributed by atoms with Gasteiger partial charge in [0.15, 0.2) is 0 Å². The van der Waals surface area contributed by atoms with Gasteiger partial charge in [-0.15, -0.1) is 0 Å². The molecule has 1 fully saturated rings. The summed E-state index contributed by atoms with van der Waals surface area (Å²) in [5.74, 6) is 1.99. The largest absolute Gasteiger partial charge is 0.489 e. The molecule has 1 aliphatic heterocycles. The van der Waals surface area contributed by atoms with Crippen molar-refractivity contribution in [1.29, 1.82) is 0 Å². The number of anilines is 1. The van der Waals surface area contributed by atoms with E-state index in [4.69, 9.17) is 10.5 Å². The minimum atomic E-state index is -0.683. The molecule has 0 radical (unpaired) electrons. The van der Waals surface area contributed by atoms with E-state index in [0.29, 0.717) is 29.5 Å². The first kappa shape index (κ1) is 14.3. The Kier molecular flexibility index (Phi) is 5.18. The van der Waals surface area contributed by atoms with Gasteiger partial charge in [0.1, 0.15) is 18.5 Å². The van der Waals surface area contributed by atoms with Crippen LogP contribution < -0.4 is 10.5 Å². The summed E-state index contributed by atoms with van der Waals surface area (Å²) in [5, 5.41) is 9.94. The van der Waals surface area contributed by atoms with E-state index in [1.807, 2.05) is 12.1 Å². The summed E-state index contributed by atoms with van der Waals surface area (Å²) >= 11 is 0. The Morgan fingerprint density at radius 3 is 2.74 bits per heavy atom. The first-order valence-electron chi connectivity index (χ1n) is 6.38. The highest BCUT2D eigenvalue weighted by Gasteiger charge is 2.18. The zero-order valence-corrected chi connectivity index (χ0v) is 11.6. The van der Waals surface area contributed by atoms with Crippen LogP contribution >= 0.6 is 0 Å². The van der Waals surface area contributed by atoms with E-state index in [1.165, 1.54) is 0 Å². The molecule has 1 aromatic rings. The zero-order valence-electron chi connectivity index (χ0n) is 10.8. The molecule has 19 heavy (non-hydrogen) atoms. The number of aliphatic hydroxyl groups excluding tert-OH is 1. The maximum atomic E-state index is 11.2. The number of nitrogens with zero attached hydrogens (tertiary/aromatic N) is 1. The molecular weight excluding hydrogens is 264 g/mol. The van der Waals surface area contributed by atoms with E-state index in [1.54, 1.807) is 12.1 Å². The van der Waals surface area contributed by atoms with Gasteiger partial charge in [-0.3, -0.25) is 9.11 Å². The van der Waals surface area contributed by atoms with Crippen molar-refractivity contribution in [3.63, 3.8) is 0 Å². The van der Waals surface area contributed by atoms with Gasteiger partial charge in [-0.1, -0.05) is 12.1 Å². The van der Waals surface area contributed by atoms with E-state index in [9.17, 15) is 9.32 Å². The van der Waals surface area contributed by atoms with Crippen LogP contribution in [0.5, 0.6) is 5.75 Å². The molecule has 0 amide bonds. The van der Waals surface area contributed by atoms with Crippen molar-refractivity contribution >= 4 is 16.5 Å². The van der Waals surface area contributed by atoms with Gasteiger partial charge in [0.2, 0.25) is 0 Å². The third kappa shape index (κ3) is 4.49. The van der Waals surface area contributed by atoms with Gasteiger partial charge in [-0.05, 0) is 12.1 Å². The molecule has 5 nitrogen and oxygen atoms in total. The molecule has 0 aliphatic carbocycles. The molecule has 0 aromatic heterocycles. The van der Waals surface area contributed by atoms with Crippen molar-refractivity contribution in [2.24, 2.45) is 0 Å². The second-order valence-electron chi connectivity index (χ2n) is 4.65. The maximum absolute atomic E-state index is 11.2. The minimum absolute atomic E-state index is 0.216. The normalized spacial score (nSPS) is 19.2. The van der Waals surface area contributed by atoms with Crippen LogP contribution in [0.15, 0.2) is 24.3 Å². The van der Waals surface area contributed by atoms with Crippen LogP contribution in [0.4, 0.5) is 5.69 Å². The van der Waals surface area contributed by atoms with Crippen LogP contribution in [0.25, 0.3) is 0 Å². The van der Waals surface area contributed by atoms with Crippen molar-refractivity contribution in [3.8, 4) is 5.75 Å². The zero-order chi connectivity index (χ0) is 13.7. The second-order valence-corrected chi connectivity index (χ2v) is 6.35. The number of nitrogens with two attached hydrogens (primary N) is 1. The van der Waals surface area contributed by atoms with Crippen molar-refractivity contribution < 1.29 is 14.1 Å². The van der Waals surface area contributed by atoms with Crippen LogP contribution in [0.3, 0.4) is 0 Å². The molecule has 1 unspecified atom stereocenters. The average Bonchev–Trinajstić information content (AvgIpc) is 2.40. The van der Waals surface area contributed by atoms with Gasteiger partial charge in [0.05, 0.1) is 5.69 Å². The second kappa shape index (κ2) is 6.88. The Morgan fingerprint density at radius 2 is 2.05 bits per heavy atom. The van der Waals surface area contributed by atoms with Crippen LogP contribution in [0.2, 0.25) is 0 Å². The average molecular weight is 284 g/mol. The van der Waals surface area contributed by atoms with Gasteiger partial charge in [0.25, 0.3) is 0 Å². The molecule has 1 saturated heterocycles. The number of hydrogen-bond acceptors (Lipinski definition) is 5. The number of ether oxygens (including phenoxy) is 1. The number of nitrogen functional groups attached to an aromatic ring is 1. The third-order valence-corrected chi connectivity index (χ3v) is 4.37. The molecule has 1 aromatic carbocycles. The fourth-order valence-corrected chi connectivity index (χ4v) is 3.13. The van der Waals surface area contributed by atoms with E-state index in [-0.39, 0.29) is 6.61 Å². The summed E-state index contributed by atoms with van der Waals surface area (Å²) in [5.41, 5.74) is 6.33. The smallest absolute Gasteiger partial charge is 0.142 e. The lowest BCUT2D eigenvalue weighted by atomic mass is 10.3. The first-order chi connectivity index (χ1) is 9.15. The van der Waals surface area contributed by atoms with E-state index in [2.05, 4.69) is 4.90 Å². The molecule has 0 saturated carbocycles. The Balaban J connectivity index is 1.74. The van der Waals surface area contributed by atoms with Crippen LogP contribution in [-0.2, 0) is 10.8 Å². The summed E-state index contributed by atoms with van der Waals surface area (Å²) < 4.78 is 16.7. The van der Waals surface area contributed by atoms with E-state index < -0.39 is 16.9 Å². The van der Waals surface area contributed by atoms with Crippen molar-refractivity contribution in [1.82, 2.24) is 4.90 Å². The molecule has 1 atom stereocenters. The van der Waals surface area contributed by atoms with Crippen LogP contribution in [-0.4, -0.2) is 58.1 Å². The van der Waals surface area contributed by atoms with Gasteiger partial charge in [-0.25, -0.2) is 0 Å². The Morgan fingerprint density at radius 1 is 1.37 bits per heavy atom. The minimum Gasteiger partial charge on any atom is -0.489 e. The molecule has 0 bridgehead atoms. The van der Waals surface area contributed by atoms with Crippen molar-refractivity contribution in [2.75, 3.05) is 43.5 Å². The summed E-state index contributed by atoms with van der Waals surface area (Å²) in [6.07, 6.45) is -0.564. The fraction of sp³-hybridized carbons (Fsp3) is 0.538. The molecule has 0 spiro atoms.